The summed E-state index contributed by atoms with van der Waals surface area (Å²) < 4.78 is 0. The van der Waals surface area contributed by atoms with Crippen LogP contribution >= 0.6 is 0 Å². The van der Waals surface area contributed by atoms with Crippen molar-refractivity contribution >= 4 is 29.1 Å². The minimum absolute atomic E-state index is 0.107. The van der Waals surface area contributed by atoms with Crippen molar-refractivity contribution in [1.82, 2.24) is 4.98 Å². The highest BCUT2D eigenvalue weighted by atomic mass is 16.1. The number of nitrogens with zero attached hydrogens (tertiary/aromatic N) is 1. The zero-order valence-electron chi connectivity index (χ0n) is 15.9. The topological polar surface area (TPSA) is 94.7 Å². The van der Waals surface area contributed by atoms with E-state index in [1.54, 1.807) is 42.6 Å². The summed E-state index contributed by atoms with van der Waals surface area (Å²) >= 11 is 0. The van der Waals surface area contributed by atoms with Gasteiger partial charge in [-0.05, 0) is 24.1 Å². The summed E-state index contributed by atoms with van der Waals surface area (Å²) in [5.74, 6) is -0.317. The lowest BCUT2D eigenvalue weighted by atomic mass is 9.90. The van der Waals surface area contributed by atoms with Crippen molar-refractivity contribution < 1.29 is 9.59 Å². The first kappa shape index (κ1) is 19.5. The lowest BCUT2D eigenvalue weighted by Crippen LogP contribution is -2.21. The fraction of sp³-hybridized carbons (Fsp3) is 0.261. The first-order valence-corrected chi connectivity index (χ1v) is 9.55. The monoisotopic (exact) mass is 373 g/mol. The zero-order valence-corrected chi connectivity index (χ0v) is 15.9. The number of aromatic nitrogens is 1. The van der Waals surface area contributed by atoms with E-state index in [0.717, 1.165) is 25.7 Å². The molecule has 1 aliphatic carbocycles. The van der Waals surface area contributed by atoms with Gasteiger partial charge >= 0.3 is 0 Å². The van der Waals surface area contributed by atoms with E-state index in [-0.39, 0.29) is 28.5 Å². The van der Waals surface area contributed by atoms with Gasteiger partial charge in [-0.15, -0.1) is 0 Å². The Morgan fingerprint density at radius 3 is 2.43 bits per heavy atom. The average molecular weight is 373 g/mol. The number of hydrogen-bond donors (Lipinski definition) is 2. The molecular weight excluding hydrogens is 350 g/mol. The van der Waals surface area contributed by atoms with Crippen LogP contribution in [0.4, 0.5) is 0 Å². The van der Waals surface area contributed by atoms with Crippen LogP contribution < -0.4 is 0 Å². The van der Waals surface area contributed by atoms with E-state index in [9.17, 15) is 9.59 Å². The second kappa shape index (κ2) is 8.65. The maximum absolute atomic E-state index is 12.4. The number of unbranched alkanes of at least 4 members (excludes halogenated alkanes) is 3. The van der Waals surface area contributed by atoms with Crippen LogP contribution in [0.1, 0.15) is 76.6 Å². The molecular formula is C23H23N3O2. The summed E-state index contributed by atoms with van der Waals surface area (Å²) in [4.78, 5) is 28.9. The van der Waals surface area contributed by atoms with Crippen LogP contribution in [0.25, 0.3) is 6.08 Å². The molecule has 142 valence electrons. The molecule has 0 aliphatic heterocycles. The molecule has 0 amide bonds. The van der Waals surface area contributed by atoms with Crippen LogP contribution in [0.15, 0.2) is 42.6 Å². The molecule has 0 saturated carbocycles. The number of fused-ring (bicyclic) bond motifs is 1. The molecule has 0 fully saturated rings. The van der Waals surface area contributed by atoms with E-state index in [2.05, 4.69) is 11.9 Å². The quantitative estimate of drug-likeness (QED) is 0.392. The maximum Gasteiger partial charge on any atom is 0.213 e. The molecule has 0 spiro atoms. The van der Waals surface area contributed by atoms with Crippen molar-refractivity contribution in [3.05, 3.63) is 70.6 Å². The molecule has 0 bridgehead atoms. The molecule has 28 heavy (non-hydrogen) atoms. The molecule has 0 unspecified atom stereocenters. The van der Waals surface area contributed by atoms with Crippen molar-refractivity contribution in [2.45, 2.75) is 39.0 Å². The van der Waals surface area contributed by atoms with Crippen molar-refractivity contribution in [3.8, 4) is 0 Å². The number of carbonyl (C=O) groups is 2. The zero-order chi connectivity index (χ0) is 20.1. The first-order chi connectivity index (χ1) is 13.5. The van der Waals surface area contributed by atoms with Gasteiger partial charge in [0.25, 0.3) is 0 Å². The second-order valence-corrected chi connectivity index (χ2v) is 6.89. The first-order valence-electron chi connectivity index (χ1n) is 9.55. The molecule has 2 aromatic rings. The van der Waals surface area contributed by atoms with Gasteiger partial charge in [0.1, 0.15) is 11.4 Å². The smallest absolute Gasteiger partial charge is 0.213 e. The molecule has 1 aliphatic rings. The predicted molar refractivity (Wildman–Crippen MR) is 111 cm³/mol. The fourth-order valence-electron chi connectivity index (χ4n) is 3.24. The van der Waals surface area contributed by atoms with Crippen LogP contribution in [-0.4, -0.2) is 28.0 Å². The highest BCUT2D eigenvalue weighted by Crippen LogP contribution is 2.22. The summed E-state index contributed by atoms with van der Waals surface area (Å²) in [5, 5.41) is 16.3. The van der Waals surface area contributed by atoms with E-state index in [1.165, 1.54) is 6.08 Å². The molecule has 2 N–H and O–H groups in total. The second-order valence-electron chi connectivity index (χ2n) is 6.89. The summed E-state index contributed by atoms with van der Waals surface area (Å²) in [6, 6.07) is 8.60. The normalized spacial score (nSPS) is 12.8. The van der Waals surface area contributed by atoms with Gasteiger partial charge in [0.2, 0.25) is 5.78 Å². The minimum atomic E-state index is -0.427. The number of benzene rings is 1. The molecule has 0 radical (unpaired) electrons. The Kier molecular flexibility index (Phi) is 6.04. The van der Waals surface area contributed by atoms with Crippen molar-refractivity contribution in [1.29, 1.82) is 10.8 Å². The van der Waals surface area contributed by atoms with Crippen LogP contribution in [0.5, 0.6) is 0 Å². The molecule has 1 aromatic carbocycles. The Bertz CT molecular complexity index is 972. The Balaban J connectivity index is 1.80. The third-order valence-corrected chi connectivity index (χ3v) is 4.87. The number of rotatable bonds is 8. The van der Waals surface area contributed by atoms with E-state index in [1.807, 2.05) is 0 Å². The van der Waals surface area contributed by atoms with Gasteiger partial charge < -0.3 is 0 Å². The minimum Gasteiger partial charge on any atom is -0.298 e. The molecule has 1 aromatic heterocycles. The highest BCUT2D eigenvalue weighted by molar-refractivity contribution is 6.52. The number of nitrogens with one attached hydrogen (secondary N) is 2. The van der Waals surface area contributed by atoms with Crippen molar-refractivity contribution in [3.63, 3.8) is 0 Å². The molecule has 5 heteroatoms. The van der Waals surface area contributed by atoms with E-state index < -0.39 is 5.78 Å². The third-order valence-electron chi connectivity index (χ3n) is 4.87. The Hall–Kier alpha value is -3.21. The summed E-state index contributed by atoms with van der Waals surface area (Å²) in [6.07, 6.45) is 9.48. The summed E-state index contributed by atoms with van der Waals surface area (Å²) in [7, 11) is 0. The molecule has 5 nitrogen and oxygen atoms in total. The van der Waals surface area contributed by atoms with Gasteiger partial charge in [-0.2, -0.15) is 0 Å². The van der Waals surface area contributed by atoms with E-state index in [4.69, 9.17) is 10.8 Å². The third kappa shape index (κ3) is 4.03. The van der Waals surface area contributed by atoms with Crippen LogP contribution in [0.3, 0.4) is 0 Å². The SMILES string of the molecule is CCCCCCC(=O)c1ccc(C(=N)c2nccc3c2C(=O)C(=N)C=C3)cc1. The lowest BCUT2D eigenvalue weighted by molar-refractivity contribution is 0.0978. The van der Waals surface area contributed by atoms with E-state index in [0.29, 0.717) is 23.1 Å². The Labute approximate surface area is 164 Å². The number of carbonyl (C=O) groups excluding carboxylic acids is 2. The van der Waals surface area contributed by atoms with Gasteiger partial charge in [-0.25, -0.2) is 0 Å². The van der Waals surface area contributed by atoms with Crippen LogP contribution in [0, 0.1) is 10.8 Å². The standard InChI is InChI=1S/C23H23N3O2/c1-2-3-4-5-6-19(27)15-7-9-17(10-8-15)21(25)22-20-16(13-14-26-22)11-12-18(24)23(20)28/h7-14,24-25H,2-6H2,1H3. The Morgan fingerprint density at radius 2 is 1.71 bits per heavy atom. The largest absolute Gasteiger partial charge is 0.298 e. The molecule has 0 atom stereocenters. The number of hydrogen-bond acceptors (Lipinski definition) is 5. The van der Waals surface area contributed by atoms with Crippen molar-refractivity contribution in [2.75, 3.05) is 0 Å². The van der Waals surface area contributed by atoms with Gasteiger partial charge in [0, 0.05) is 23.7 Å². The lowest BCUT2D eigenvalue weighted by Gasteiger charge is -2.14. The van der Waals surface area contributed by atoms with Crippen molar-refractivity contribution in [2.24, 2.45) is 0 Å². The number of Topliss-reactive ketones (excluding diaryl/α,β-unsaturated/α-hetero) is 2. The molecule has 3 rings (SSSR count). The maximum atomic E-state index is 12.4. The molecule has 1 heterocycles. The number of pyridine rings is 1. The van der Waals surface area contributed by atoms with Gasteiger partial charge in [0.15, 0.2) is 5.78 Å². The number of ketones is 2. The Morgan fingerprint density at radius 1 is 1.00 bits per heavy atom. The molecule has 0 saturated heterocycles. The van der Waals surface area contributed by atoms with Gasteiger partial charge in [-0.1, -0.05) is 56.5 Å². The summed E-state index contributed by atoms with van der Waals surface area (Å²) in [6.45, 7) is 2.14. The van der Waals surface area contributed by atoms with E-state index >= 15 is 0 Å². The number of allylic oxidation sites excluding steroid dienone is 1. The highest BCUT2D eigenvalue weighted by Gasteiger charge is 2.25. The van der Waals surface area contributed by atoms with Crippen LogP contribution in [0.2, 0.25) is 0 Å². The van der Waals surface area contributed by atoms with Crippen LogP contribution in [-0.2, 0) is 0 Å². The summed E-state index contributed by atoms with van der Waals surface area (Å²) in [5.41, 5.74) is 2.42. The van der Waals surface area contributed by atoms with Gasteiger partial charge in [0.05, 0.1) is 11.3 Å². The predicted octanol–water partition coefficient (Wildman–Crippen LogP) is 4.88. The van der Waals surface area contributed by atoms with Gasteiger partial charge in [-0.3, -0.25) is 25.4 Å². The fourth-order valence-corrected chi connectivity index (χ4v) is 3.24. The average Bonchev–Trinajstić information content (AvgIpc) is 2.73.